The summed E-state index contributed by atoms with van der Waals surface area (Å²) < 4.78 is 10.9. The second-order valence-corrected chi connectivity index (χ2v) is 6.52. The van der Waals surface area contributed by atoms with Crippen molar-refractivity contribution in [3.8, 4) is 5.75 Å². The molecule has 1 aliphatic heterocycles. The molecular weight excluding hydrogens is 358 g/mol. The van der Waals surface area contributed by atoms with E-state index in [0.29, 0.717) is 24.3 Å². The molecule has 7 nitrogen and oxygen atoms in total. The molecule has 1 amide bonds. The molecule has 2 aromatic carbocycles. The number of amides is 1. The number of esters is 1. The molecule has 0 saturated carbocycles. The fraction of sp³-hybridized carbons (Fsp3) is 0.286. The van der Waals surface area contributed by atoms with Gasteiger partial charge in [-0.1, -0.05) is 0 Å². The summed E-state index contributed by atoms with van der Waals surface area (Å²) in [5.74, 6) is 0.447. The van der Waals surface area contributed by atoms with Crippen LogP contribution in [0.2, 0.25) is 0 Å². The van der Waals surface area contributed by atoms with Crippen LogP contribution in [0.4, 0.5) is 11.4 Å². The number of fused-ring (bicyclic) bond motifs is 1. The lowest BCUT2D eigenvalue weighted by molar-refractivity contribution is -0.145. The van der Waals surface area contributed by atoms with Crippen molar-refractivity contribution in [1.29, 1.82) is 5.41 Å². The Kier molecular flexibility index (Phi) is 5.93. The molecule has 1 aliphatic rings. The van der Waals surface area contributed by atoms with Gasteiger partial charge in [-0.3, -0.25) is 19.9 Å². The van der Waals surface area contributed by atoms with Gasteiger partial charge < -0.3 is 15.2 Å². The summed E-state index contributed by atoms with van der Waals surface area (Å²) in [6, 6.07) is 12.4. The molecule has 1 heterocycles. The second kappa shape index (κ2) is 8.56. The van der Waals surface area contributed by atoms with Gasteiger partial charge >= 0.3 is 5.97 Å². The van der Waals surface area contributed by atoms with E-state index in [2.05, 4.69) is 0 Å². The average molecular weight is 381 g/mol. The normalized spacial score (nSPS) is 15.1. The van der Waals surface area contributed by atoms with Crippen LogP contribution >= 0.6 is 0 Å². The van der Waals surface area contributed by atoms with Crippen LogP contribution in [0, 0.1) is 5.41 Å². The number of rotatable bonds is 7. The Balaban J connectivity index is 1.76. The van der Waals surface area contributed by atoms with Crippen molar-refractivity contribution in [2.45, 2.75) is 32.3 Å². The van der Waals surface area contributed by atoms with Gasteiger partial charge in [0.1, 0.15) is 17.7 Å². The van der Waals surface area contributed by atoms with Crippen molar-refractivity contribution < 1.29 is 19.1 Å². The molecule has 0 saturated heterocycles. The predicted molar refractivity (Wildman–Crippen MR) is 106 cm³/mol. The van der Waals surface area contributed by atoms with E-state index in [1.54, 1.807) is 37.3 Å². The molecule has 2 aromatic rings. The van der Waals surface area contributed by atoms with Crippen molar-refractivity contribution in [2.24, 2.45) is 5.73 Å². The summed E-state index contributed by atoms with van der Waals surface area (Å²) in [6.45, 7) is 2.14. The number of nitrogen functional groups attached to an aromatic ring is 1. The number of carbonyl (C=O) groups is 2. The third kappa shape index (κ3) is 4.31. The molecule has 3 rings (SSSR count). The van der Waals surface area contributed by atoms with Crippen molar-refractivity contribution in [3.63, 3.8) is 0 Å². The summed E-state index contributed by atoms with van der Waals surface area (Å²) in [7, 11) is 0. The van der Waals surface area contributed by atoms with Crippen molar-refractivity contribution in [2.75, 3.05) is 11.5 Å². The van der Waals surface area contributed by atoms with Crippen LogP contribution in [-0.2, 0) is 20.7 Å². The third-order valence-electron chi connectivity index (χ3n) is 4.61. The van der Waals surface area contributed by atoms with Crippen LogP contribution in [0.3, 0.4) is 0 Å². The molecule has 146 valence electrons. The smallest absolute Gasteiger partial charge is 0.309 e. The first-order valence-electron chi connectivity index (χ1n) is 9.16. The fourth-order valence-electron chi connectivity index (χ4n) is 3.20. The number of aryl methyl sites for hydroxylation is 1. The number of ether oxygens (including phenoxy) is 2. The second-order valence-electron chi connectivity index (χ2n) is 6.52. The summed E-state index contributed by atoms with van der Waals surface area (Å²) in [5.41, 5.74) is 8.46. The number of amidine groups is 1. The zero-order chi connectivity index (χ0) is 20.1. The molecule has 0 fully saturated rings. The van der Waals surface area contributed by atoms with Crippen molar-refractivity contribution >= 4 is 29.6 Å². The maximum absolute atomic E-state index is 11.7. The SMILES string of the molecule is CCOC(=O)C[C@@H]1CCc2cc(N(C=O)c3ccc(C(=N)N)cc3)ccc2O1. The van der Waals surface area contributed by atoms with Crippen LogP contribution in [0.5, 0.6) is 5.75 Å². The third-order valence-corrected chi connectivity index (χ3v) is 4.61. The molecule has 28 heavy (non-hydrogen) atoms. The highest BCUT2D eigenvalue weighted by Crippen LogP contribution is 2.34. The largest absolute Gasteiger partial charge is 0.490 e. The maximum atomic E-state index is 11.7. The fourth-order valence-corrected chi connectivity index (χ4v) is 3.20. The number of hydrogen-bond donors (Lipinski definition) is 2. The standard InChI is InChI=1S/C21H23N3O4/c1-2-27-20(26)12-18-9-5-15-11-17(8-10-19(15)28-18)24(13-25)16-6-3-14(4-7-16)21(22)23/h3-4,6-8,10-11,13,18H,2,5,9,12H2,1H3,(H3,22,23)/t18-/m0/s1. The van der Waals surface area contributed by atoms with E-state index in [1.807, 2.05) is 12.1 Å². The van der Waals surface area contributed by atoms with Crippen molar-refractivity contribution in [3.05, 3.63) is 53.6 Å². The lowest BCUT2D eigenvalue weighted by Gasteiger charge is -2.27. The number of nitrogens with zero attached hydrogens (tertiary/aromatic N) is 1. The van der Waals surface area contributed by atoms with E-state index in [-0.39, 0.29) is 24.3 Å². The minimum Gasteiger partial charge on any atom is -0.490 e. The number of carbonyl (C=O) groups excluding carboxylic acids is 2. The molecule has 3 N–H and O–H groups in total. The lowest BCUT2D eigenvalue weighted by Crippen LogP contribution is -2.26. The van der Waals surface area contributed by atoms with E-state index < -0.39 is 0 Å². The van der Waals surface area contributed by atoms with Crippen LogP contribution < -0.4 is 15.4 Å². The minimum atomic E-state index is -0.256. The van der Waals surface area contributed by atoms with Gasteiger partial charge in [-0.05, 0) is 67.8 Å². The molecule has 0 aromatic heterocycles. The highest BCUT2D eigenvalue weighted by Gasteiger charge is 2.24. The molecule has 0 radical (unpaired) electrons. The first-order chi connectivity index (χ1) is 13.5. The summed E-state index contributed by atoms with van der Waals surface area (Å²) in [4.78, 5) is 24.9. The summed E-state index contributed by atoms with van der Waals surface area (Å²) in [6.07, 6.45) is 2.25. The van der Waals surface area contributed by atoms with Crippen LogP contribution in [0.25, 0.3) is 0 Å². The van der Waals surface area contributed by atoms with Gasteiger partial charge in [-0.2, -0.15) is 0 Å². The predicted octanol–water partition coefficient (Wildman–Crippen LogP) is 2.91. The lowest BCUT2D eigenvalue weighted by atomic mass is 9.99. The summed E-state index contributed by atoms with van der Waals surface area (Å²) >= 11 is 0. The highest BCUT2D eigenvalue weighted by atomic mass is 16.5. The molecule has 1 atom stereocenters. The van der Waals surface area contributed by atoms with Gasteiger partial charge in [0, 0.05) is 16.9 Å². The van der Waals surface area contributed by atoms with E-state index in [0.717, 1.165) is 29.8 Å². The maximum Gasteiger partial charge on any atom is 0.309 e. The number of nitrogens with one attached hydrogen (secondary N) is 1. The Morgan fingerprint density at radius 3 is 2.64 bits per heavy atom. The van der Waals surface area contributed by atoms with Gasteiger partial charge in [0.15, 0.2) is 0 Å². The zero-order valence-electron chi connectivity index (χ0n) is 15.7. The van der Waals surface area contributed by atoms with Gasteiger partial charge in [-0.15, -0.1) is 0 Å². The molecule has 0 bridgehead atoms. The Hall–Kier alpha value is -3.35. The van der Waals surface area contributed by atoms with E-state index >= 15 is 0 Å². The highest BCUT2D eigenvalue weighted by molar-refractivity contribution is 5.96. The molecule has 7 heteroatoms. The molecule has 0 spiro atoms. The van der Waals surface area contributed by atoms with Crippen LogP contribution in [0.15, 0.2) is 42.5 Å². The number of nitrogens with two attached hydrogens (primary N) is 1. The van der Waals surface area contributed by atoms with Crippen LogP contribution in [0.1, 0.15) is 30.9 Å². The number of anilines is 2. The van der Waals surface area contributed by atoms with E-state index in [4.69, 9.17) is 20.6 Å². The minimum absolute atomic E-state index is 0.0208. The van der Waals surface area contributed by atoms with Gasteiger partial charge in [0.2, 0.25) is 6.41 Å². The van der Waals surface area contributed by atoms with Gasteiger partial charge in [-0.25, -0.2) is 0 Å². The first-order valence-corrected chi connectivity index (χ1v) is 9.16. The van der Waals surface area contributed by atoms with Gasteiger partial charge in [0.05, 0.1) is 13.0 Å². The van der Waals surface area contributed by atoms with E-state index in [1.165, 1.54) is 4.90 Å². The Bertz CT molecular complexity index is 880. The monoisotopic (exact) mass is 381 g/mol. The Labute approximate surface area is 163 Å². The molecular formula is C21H23N3O4. The molecule has 0 aliphatic carbocycles. The Morgan fingerprint density at radius 1 is 1.29 bits per heavy atom. The van der Waals surface area contributed by atoms with E-state index in [9.17, 15) is 9.59 Å². The number of benzene rings is 2. The van der Waals surface area contributed by atoms with Crippen molar-refractivity contribution in [1.82, 2.24) is 0 Å². The molecule has 0 unspecified atom stereocenters. The quantitative estimate of drug-likeness (QED) is 0.332. The number of hydrogen-bond acceptors (Lipinski definition) is 5. The topological polar surface area (TPSA) is 106 Å². The zero-order valence-corrected chi connectivity index (χ0v) is 15.7. The van der Waals surface area contributed by atoms with Crippen LogP contribution in [-0.4, -0.2) is 30.9 Å². The first kappa shape index (κ1) is 19.4. The summed E-state index contributed by atoms with van der Waals surface area (Å²) in [5, 5.41) is 7.46. The average Bonchev–Trinajstić information content (AvgIpc) is 2.69. The Morgan fingerprint density at radius 2 is 2.00 bits per heavy atom. The van der Waals surface area contributed by atoms with Gasteiger partial charge in [0.25, 0.3) is 0 Å².